The van der Waals surface area contributed by atoms with Gasteiger partial charge in [0.25, 0.3) is 0 Å². The standard InChI is InChI=1S/C50H36N4O3S3/c55-46(56-60-48-52-42-33-19-20-34-44(42)59-48)45(54-57-50(39-27-13-4-14-28-39,40-29-15-5-16-30-40)41-31-17-6-18-32-41)43-35-58-47(51-43)53-49(36-21-7-1-8-22-36,37-23-9-2-10-24-37)38-25-11-3-12-26-38/h1-35H,(H,51,53)/b54-45-. The highest BCUT2D eigenvalue weighted by atomic mass is 32.2. The van der Waals surface area contributed by atoms with Crippen LogP contribution in [0, 0.1) is 0 Å². The Morgan fingerprint density at radius 1 is 0.550 bits per heavy atom. The lowest BCUT2D eigenvalue weighted by Crippen LogP contribution is -2.38. The van der Waals surface area contributed by atoms with E-state index in [4.69, 9.17) is 19.2 Å². The summed E-state index contributed by atoms with van der Waals surface area (Å²) in [6, 6.07) is 68.3. The third-order valence-electron chi connectivity index (χ3n) is 10.1. The second kappa shape index (κ2) is 17.6. The van der Waals surface area contributed by atoms with Crippen LogP contribution in [0.1, 0.15) is 39.1 Å². The molecule has 2 aromatic heterocycles. The fraction of sp³-hybridized carbons (Fsp3) is 0.0400. The summed E-state index contributed by atoms with van der Waals surface area (Å²) in [7, 11) is 0. The number of carbonyl (C=O) groups is 1. The number of nitrogens with zero attached hydrogens (tertiary/aromatic N) is 3. The zero-order chi connectivity index (χ0) is 40.6. The number of carbonyl (C=O) groups excluding carboxylic acids is 1. The van der Waals surface area contributed by atoms with E-state index in [1.807, 2.05) is 170 Å². The summed E-state index contributed by atoms with van der Waals surface area (Å²) in [4.78, 5) is 31.1. The Kier molecular flexibility index (Phi) is 11.3. The summed E-state index contributed by atoms with van der Waals surface area (Å²) in [6.45, 7) is 0. The number of para-hydroxylation sites is 1. The van der Waals surface area contributed by atoms with Crippen LogP contribution in [0.2, 0.25) is 0 Å². The average molecular weight is 837 g/mol. The van der Waals surface area contributed by atoms with E-state index in [0.29, 0.717) is 9.47 Å². The maximum Gasteiger partial charge on any atom is 0.375 e. The van der Waals surface area contributed by atoms with Crippen LogP contribution in [-0.2, 0) is 25.0 Å². The smallest absolute Gasteiger partial charge is 0.375 e. The molecular weight excluding hydrogens is 801 g/mol. The van der Waals surface area contributed by atoms with Crippen LogP contribution in [0.25, 0.3) is 10.2 Å². The average Bonchev–Trinajstić information content (AvgIpc) is 3.97. The third kappa shape index (κ3) is 7.71. The largest absolute Gasteiger partial charge is 0.379 e. The highest BCUT2D eigenvalue weighted by molar-refractivity contribution is 7.97. The number of benzene rings is 7. The maximum absolute atomic E-state index is 14.5. The Balaban J connectivity index is 1.17. The van der Waals surface area contributed by atoms with E-state index in [2.05, 4.69) is 46.7 Å². The van der Waals surface area contributed by atoms with Crippen molar-refractivity contribution in [2.75, 3.05) is 5.32 Å². The SMILES string of the molecule is O=C(OSc1nc2ccccc2s1)/C(=N\OC(c1ccccc1)(c1ccccc1)c1ccccc1)c1csc(NC(c2ccccc2)(c2ccccc2)c2ccccc2)n1. The van der Waals surface area contributed by atoms with Crippen molar-refractivity contribution in [1.29, 1.82) is 0 Å². The van der Waals surface area contributed by atoms with Gasteiger partial charge in [-0.1, -0.05) is 199 Å². The second-order valence-corrected chi connectivity index (χ2v) is 16.6. The molecule has 0 spiro atoms. The van der Waals surface area contributed by atoms with Gasteiger partial charge in [0.2, 0.25) is 11.3 Å². The molecule has 2 heterocycles. The lowest BCUT2D eigenvalue weighted by atomic mass is 9.77. The van der Waals surface area contributed by atoms with E-state index in [0.717, 1.165) is 55.6 Å². The molecule has 292 valence electrons. The van der Waals surface area contributed by atoms with Crippen molar-refractivity contribution in [2.45, 2.75) is 15.5 Å². The third-order valence-corrected chi connectivity index (χ3v) is 12.6. The first-order valence-electron chi connectivity index (χ1n) is 19.2. The monoisotopic (exact) mass is 836 g/mol. The van der Waals surface area contributed by atoms with Gasteiger partial charge in [-0.15, -0.1) is 22.7 Å². The zero-order valence-electron chi connectivity index (χ0n) is 32.0. The van der Waals surface area contributed by atoms with Crippen LogP contribution >= 0.6 is 34.7 Å². The Bertz CT molecular complexity index is 2610. The van der Waals surface area contributed by atoms with E-state index >= 15 is 0 Å². The van der Waals surface area contributed by atoms with E-state index in [-0.39, 0.29) is 11.4 Å². The highest BCUT2D eigenvalue weighted by Crippen LogP contribution is 2.43. The number of anilines is 1. The number of fused-ring (bicyclic) bond motifs is 1. The van der Waals surface area contributed by atoms with Crippen LogP contribution in [0.15, 0.2) is 221 Å². The van der Waals surface area contributed by atoms with Gasteiger partial charge >= 0.3 is 5.97 Å². The number of rotatable bonds is 14. The zero-order valence-corrected chi connectivity index (χ0v) is 34.4. The van der Waals surface area contributed by atoms with Gasteiger partial charge in [-0.05, 0) is 28.8 Å². The van der Waals surface area contributed by atoms with Crippen LogP contribution < -0.4 is 5.32 Å². The molecule has 0 aliphatic carbocycles. The van der Waals surface area contributed by atoms with Crippen molar-refractivity contribution >= 4 is 61.7 Å². The van der Waals surface area contributed by atoms with Gasteiger partial charge in [0.1, 0.15) is 23.3 Å². The number of hydrogen-bond acceptors (Lipinski definition) is 10. The normalized spacial score (nSPS) is 11.9. The maximum atomic E-state index is 14.5. The predicted octanol–water partition coefficient (Wildman–Crippen LogP) is 12.1. The molecule has 7 nitrogen and oxygen atoms in total. The van der Waals surface area contributed by atoms with Crippen molar-refractivity contribution in [3.05, 3.63) is 251 Å². The first-order valence-corrected chi connectivity index (χ1v) is 21.6. The Morgan fingerprint density at radius 2 is 0.983 bits per heavy atom. The molecule has 0 aliphatic rings. The minimum Gasteiger partial charge on any atom is -0.379 e. The molecule has 1 N–H and O–H groups in total. The van der Waals surface area contributed by atoms with Gasteiger partial charge in [-0.2, -0.15) is 0 Å². The Morgan fingerprint density at radius 3 is 1.45 bits per heavy atom. The fourth-order valence-corrected chi connectivity index (χ4v) is 9.68. The van der Waals surface area contributed by atoms with Gasteiger partial charge in [-0.3, -0.25) is 0 Å². The lowest BCUT2D eigenvalue weighted by molar-refractivity contribution is -0.126. The summed E-state index contributed by atoms with van der Waals surface area (Å²) < 4.78 is 7.50. The molecule has 7 aromatic carbocycles. The molecule has 9 rings (SSSR count). The summed E-state index contributed by atoms with van der Waals surface area (Å²) in [6.07, 6.45) is 0. The number of nitrogens with one attached hydrogen (secondary N) is 1. The molecule has 0 saturated heterocycles. The molecule has 10 heteroatoms. The van der Waals surface area contributed by atoms with Crippen LogP contribution in [0.4, 0.5) is 5.13 Å². The molecular formula is C50H36N4O3S3. The van der Waals surface area contributed by atoms with Crippen molar-refractivity contribution in [3.63, 3.8) is 0 Å². The topological polar surface area (TPSA) is 85.7 Å². The van der Waals surface area contributed by atoms with E-state index in [1.54, 1.807) is 5.38 Å². The summed E-state index contributed by atoms with van der Waals surface area (Å²) >= 11 is 3.69. The Hall–Kier alpha value is -6.85. The first kappa shape index (κ1) is 38.7. The second-order valence-electron chi connectivity index (χ2n) is 13.7. The van der Waals surface area contributed by atoms with Gasteiger partial charge < -0.3 is 14.3 Å². The molecule has 60 heavy (non-hydrogen) atoms. The molecule has 0 aliphatic heterocycles. The molecule has 0 unspecified atom stereocenters. The molecule has 0 radical (unpaired) electrons. The van der Waals surface area contributed by atoms with Crippen LogP contribution in [-0.4, -0.2) is 21.6 Å². The quantitative estimate of drug-likeness (QED) is 0.0505. The summed E-state index contributed by atoms with van der Waals surface area (Å²) in [5.74, 6) is -0.736. The summed E-state index contributed by atoms with van der Waals surface area (Å²) in [5, 5.41) is 10.9. The predicted molar refractivity (Wildman–Crippen MR) is 243 cm³/mol. The number of thiazole rings is 2. The van der Waals surface area contributed by atoms with Crippen molar-refractivity contribution in [3.8, 4) is 0 Å². The van der Waals surface area contributed by atoms with Gasteiger partial charge in [0.05, 0.1) is 10.2 Å². The molecule has 9 aromatic rings. The molecule has 0 fully saturated rings. The molecule has 0 amide bonds. The molecule has 0 saturated carbocycles. The highest BCUT2D eigenvalue weighted by Gasteiger charge is 2.41. The first-order chi connectivity index (χ1) is 29.6. The van der Waals surface area contributed by atoms with E-state index < -0.39 is 17.1 Å². The lowest BCUT2D eigenvalue weighted by Gasteiger charge is -2.36. The molecule has 0 atom stereocenters. The number of aromatic nitrogens is 2. The van der Waals surface area contributed by atoms with Gasteiger partial charge in [0.15, 0.2) is 9.47 Å². The number of oxime groups is 1. The number of hydrogen-bond donors (Lipinski definition) is 1. The Labute approximate surface area is 360 Å². The van der Waals surface area contributed by atoms with E-state index in [1.165, 1.54) is 22.7 Å². The van der Waals surface area contributed by atoms with Gasteiger partial charge in [0, 0.05) is 22.1 Å². The van der Waals surface area contributed by atoms with E-state index in [9.17, 15) is 4.79 Å². The minimum absolute atomic E-state index is 0.107. The fourth-order valence-electron chi connectivity index (χ4n) is 7.36. The van der Waals surface area contributed by atoms with Gasteiger partial charge in [-0.25, -0.2) is 14.8 Å². The van der Waals surface area contributed by atoms with Crippen LogP contribution in [0.3, 0.4) is 0 Å². The minimum atomic E-state index is -1.25. The van der Waals surface area contributed by atoms with Crippen molar-refractivity contribution in [1.82, 2.24) is 9.97 Å². The van der Waals surface area contributed by atoms with Crippen LogP contribution in [0.5, 0.6) is 0 Å². The van der Waals surface area contributed by atoms with Crippen molar-refractivity contribution in [2.24, 2.45) is 5.16 Å². The van der Waals surface area contributed by atoms with Crippen molar-refractivity contribution < 1.29 is 13.8 Å². The summed E-state index contributed by atoms with van der Waals surface area (Å²) in [5.41, 5.74) is 4.41. The molecule has 0 bridgehead atoms.